The first-order chi connectivity index (χ1) is 9.42. The van der Waals surface area contributed by atoms with Gasteiger partial charge in [0.2, 0.25) is 0 Å². The predicted molar refractivity (Wildman–Crippen MR) is 85.4 cm³/mol. The van der Waals surface area contributed by atoms with Gasteiger partial charge >= 0.3 is 0 Å². The molecule has 0 unspecified atom stereocenters. The molecule has 0 atom stereocenters. The van der Waals surface area contributed by atoms with E-state index in [1.54, 1.807) is 0 Å². The third-order valence-corrected chi connectivity index (χ3v) is 3.12. The molecule has 0 amide bonds. The van der Waals surface area contributed by atoms with Crippen molar-refractivity contribution >= 4 is 5.82 Å². The standard InChI is InChI=1S/C17H23N3/c1-5-11-20-15(18)14(12-17(2,3)4)19-16(20)13-9-7-6-8-10-13/h5-10H,1,11-12,18H2,2-4H3. The number of hydrogen-bond donors (Lipinski definition) is 1. The number of hydrogen-bond acceptors (Lipinski definition) is 2. The van der Waals surface area contributed by atoms with Crippen molar-refractivity contribution in [3.63, 3.8) is 0 Å². The molecular weight excluding hydrogens is 246 g/mol. The topological polar surface area (TPSA) is 43.8 Å². The van der Waals surface area contributed by atoms with Crippen LogP contribution in [-0.4, -0.2) is 9.55 Å². The number of aromatic nitrogens is 2. The summed E-state index contributed by atoms with van der Waals surface area (Å²) in [5.41, 5.74) is 8.50. The van der Waals surface area contributed by atoms with Crippen molar-refractivity contribution in [3.05, 3.63) is 48.7 Å². The van der Waals surface area contributed by atoms with E-state index in [1.165, 1.54) is 0 Å². The van der Waals surface area contributed by atoms with Crippen molar-refractivity contribution in [1.82, 2.24) is 9.55 Å². The molecule has 0 radical (unpaired) electrons. The van der Waals surface area contributed by atoms with Gasteiger partial charge in [-0.15, -0.1) is 6.58 Å². The van der Waals surface area contributed by atoms with Crippen LogP contribution in [0.15, 0.2) is 43.0 Å². The summed E-state index contributed by atoms with van der Waals surface area (Å²) in [7, 11) is 0. The van der Waals surface area contributed by atoms with Crippen molar-refractivity contribution in [2.75, 3.05) is 5.73 Å². The molecule has 0 aliphatic carbocycles. The Morgan fingerprint density at radius 2 is 1.90 bits per heavy atom. The van der Waals surface area contributed by atoms with Crippen LogP contribution < -0.4 is 5.73 Å². The maximum Gasteiger partial charge on any atom is 0.142 e. The van der Waals surface area contributed by atoms with E-state index in [4.69, 9.17) is 10.7 Å². The first kappa shape index (κ1) is 14.4. The van der Waals surface area contributed by atoms with E-state index in [1.807, 2.05) is 28.8 Å². The fourth-order valence-corrected chi connectivity index (χ4v) is 2.27. The van der Waals surface area contributed by atoms with Gasteiger partial charge in [-0.3, -0.25) is 0 Å². The molecule has 2 N–H and O–H groups in total. The van der Waals surface area contributed by atoms with Gasteiger partial charge in [0.25, 0.3) is 0 Å². The molecule has 1 heterocycles. The maximum absolute atomic E-state index is 6.29. The zero-order chi connectivity index (χ0) is 14.8. The van der Waals surface area contributed by atoms with Gasteiger partial charge in [0.1, 0.15) is 11.6 Å². The SMILES string of the molecule is C=CCn1c(-c2ccccc2)nc(CC(C)(C)C)c1N. The molecule has 20 heavy (non-hydrogen) atoms. The van der Waals surface area contributed by atoms with Gasteiger partial charge in [-0.1, -0.05) is 57.2 Å². The van der Waals surface area contributed by atoms with Crippen molar-refractivity contribution in [2.24, 2.45) is 5.41 Å². The van der Waals surface area contributed by atoms with Crippen molar-refractivity contribution in [3.8, 4) is 11.4 Å². The van der Waals surface area contributed by atoms with E-state index in [-0.39, 0.29) is 5.41 Å². The van der Waals surface area contributed by atoms with Gasteiger partial charge in [0.15, 0.2) is 0 Å². The monoisotopic (exact) mass is 269 g/mol. The summed E-state index contributed by atoms with van der Waals surface area (Å²) in [6.07, 6.45) is 2.72. The molecule has 3 nitrogen and oxygen atoms in total. The molecule has 2 aromatic rings. The lowest BCUT2D eigenvalue weighted by atomic mass is 9.90. The average Bonchev–Trinajstić information content (AvgIpc) is 2.67. The van der Waals surface area contributed by atoms with Crippen molar-refractivity contribution in [2.45, 2.75) is 33.7 Å². The summed E-state index contributed by atoms with van der Waals surface area (Å²) in [6, 6.07) is 10.2. The lowest BCUT2D eigenvalue weighted by molar-refractivity contribution is 0.407. The number of allylic oxidation sites excluding steroid dienone is 1. The first-order valence-corrected chi connectivity index (χ1v) is 6.93. The second kappa shape index (κ2) is 5.53. The number of nitrogens with two attached hydrogens (primary N) is 1. The molecule has 0 spiro atoms. The van der Waals surface area contributed by atoms with Gasteiger partial charge in [0, 0.05) is 12.1 Å². The minimum Gasteiger partial charge on any atom is -0.384 e. The molecular formula is C17H23N3. The lowest BCUT2D eigenvalue weighted by Gasteiger charge is -2.16. The number of anilines is 1. The Morgan fingerprint density at radius 1 is 1.25 bits per heavy atom. The quantitative estimate of drug-likeness (QED) is 0.855. The zero-order valence-corrected chi connectivity index (χ0v) is 12.6. The molecule has 0 saturated carbocycles. The summed E-state index contributed by atoms with van der Waals surface area (Å²) < 4.78 is 2.03. The Hall–Kier alpha value is -2.03. The van der Waals surface area contributed by atoms with Crippen LogP contribution in [0.5, 0.6) is 0 Å². The Bertz CT molecular complexity index is 589. The molecule has 0 fully saturated rings. The fourth-order valence-electron chi connectivity index (χ4n) is 2.27. The van der Waals surface area contributed by atoms with E-state index < -0.39 is 0 Å². The molecule has 106 valence electrons. The summed E-state index contributed by atoms with van der Waals surface area (Å²) in [5, 5.41) is 0. The predicted octanol–water partition coefficient (Wildman–Crippen LogP) is 3.91. The zero-order valence-electron chi connectivity index (χ0n) is 12.6. The van der Waals surface area contributed by atoms with Crippen LogP contribution in [0.4, 0.5) is 5.82 Å². The van der Waals surface area contributed by atoms with Crippen LogP contribution >= 0.6 is 0 Å². The van der Waals surface area contributed by atoms with E-state index in [0.29, 0.717) is 6.54 Å². The minimum absolute atomic E-state index is 0.162. The highest BCUT2D eigenvalue weighted by Crippen LogP contribution is 2.29. The lowest BCUT2D eigenvalue weighted by Crippen LogP contribution is -2.11. The van der Waals surface area contributed by atoms with Crippen LogP contribution in [0.1, 0.15) is 26.5 Å². The minimum atomic E-state index is 0.162. The van der Waals surface area contributed by atoms with Crippen molar-refractivity contribution in [1.29, 1.82) is 0 Å². The molecule has 2 rings (SSSR count). The summed E-state index contributed by atoms with van der Waals surface area (Å²) in [4.78, 5) is 4.77. The number of imidazole rings is 1. The summed E-state index contributed by atoms with van der Waals surface area (Å²) in [6.45, 7) is 11.1. The van der Waals surface area contributed by atoms with E-state index in [2.05, 4.69) is 39.5 Å². The van der Waals surface area contributed by atoms with Gasteiger partial charge in [-0.05, 0) is 11.8 Å². The normalized spacial score (nSPS) is 11.6. The highest BCUT2D eigenvalue weighted by Gasteiger charge is 2.20. The van der Waals surface area contributed by atoms with Crippen LogP contribution in [0.2, 0.25) is 0 Å². The van der Waals surface area contributed by atoms with E-state index in [0.717, 1.165) is 29.3 Å². The summed E-state index contributed by atoms with van der Waals surface area (Å²) >= 11 is 0. The van der Waals surface area contributed by atoms with Crippen LogP contribution in [0, 0.1) is 5.41 Å². The molecule has 1 aromatic carbocycles. The maximum atomic E-state index is 6.29. The number of rotatable bonds is 4. The Morgan fingerprint density at radius 3 is 2.45 bits per heavy atom. The fraction of sp³-hybridized carbons (Fsp3) is 0.353. The van der Waals surface area contributed by atoms with Gasteiger partial charge in [-0.2, -0.15) is 0 Å². The third-order valence-electron chi connectivity index (χ3n) is 3.12. The largest absolute Gasteiger partial charge is 0.384 e. The molecule has 3 heteroatoms. The molecule has 1 aromatic heterocycles. The van der Waals surface area contributed by atoms with Crippen molar-refractivity contribution < 1.29 is 0 Å². The van der Waals surface area contributed by atoms with Crippen LogP contribution in [0.3, 0.4) is 0 Å². The third kappa shape index (κ3) is 3.10. The number of benzene rings is 1. The van der Waals surface area contributed by atoms with Gasteiger partial charge < -0.3 is 10.3 Å². The second-order valence-electron chi connectivity index (χ2n) is 6.27. The number of nitrogens with zero attached hydrogens (tertiary/aromatic N) is 2. The first-order valence-electron chi connectivity index (χ1n) is 6.93. The Kier molecular flexibility index (Phi) is 3.98. The molecule has 0 aliphatic rings. The van der Waals surface area contributed by atoms with Crippen LogP contribution in [-0.2, 0) is 13.0 Å². The average molecular weight is 269 g/mol. The molecule has 0 saturated heterocycles. The molecule has 0 aliphatic heterocycles. The smallest absolute Gasteiger partial charge is 0.142 e. The number of nitrogen functional groups attached to an aromatic ring is 1. The van der Waals surface area contributed by atoms with Crippen LogP contribution in [0.25, 0.3) is 11.4 Å². The van der Waals surface area contributed by atoms with E-state index in [9.17, 15) is 0 Å². The van der Waals surface area contributed by atoms with Gasteiger partial charge in [-0.25, -0.2) is 4.98 Å². The highest BCUT2D eigenvalue weighted by molar-refractivity contribution is 5.60. The summed E-state index contributed by atoms with van der Waals surface area (Å²) in [5.74, 6) is 1.67. The van der Waals surface area contributed by atoms with E-state index >= 15 is 0 Å². The Balaban J connectivity index is 2.51. The van der Waals surface area contributed by atoms with Gasteiger partial charge in [0.05, 0.1) is 5.69 Å². The Labute approximate surface area is 121 Å². The highest BCUT2D eigenvalue weighted by atomic mass is 15.1. The molecule has 0 bridgehead atoms. The second-order valence-corrected chi connectivity index (χ2v) is 6.27.